The molecule has 0 radical (unpaired) electrons. The number of hydrogen-bond donors (Lipinski definition) is 1. The fourth-order valence-electron chi connectivity index (χ4n) is 1.85. The van der Waals surface area contributed by atoms with Gasteiger partial charge in [-0.2, -0.15) is 5.10 Å². The molecular formula is C14H13N5S. The highest BCUT2D eigenvalue weighted by Crippen LogP contribution is 2.29. The van der Waals surface area contributed by atoms with Crippen LogP contribution in [-0.2, 0) is 6.42 Å². The lowest BCUT2D eigenvalue weighted by atomic mass is 10.2. The van der Waals surface area contributed by atoms with Crippen LogP contribution in [0.25, 0.3) is 10.2 Å². The Labute approximate surface area is 120 Å². The molecule has 6 heteroatoms. The van der Waals surface area contributed by atoms with Gasteiger partial charge in [0.2, 0.25) is 0 Å². The van der Waals surface area contributed by atoms with Crippen LogP contribution in [0.2, 0.25) is 0 Å². The summed E-state index contributed by atoms with van der Waals surface area (Å²) in [7, 11) is 0. The van der Waals surface area contributed by atoms with Gasteiger partial charge in [-0.3, -0.25) is 10.4 Å². The topological polar surface area (TPSA) is 63.1 Å². The molecule has 0 amide bonds. The van der Waals surface area contributed by atoms with Crippen molar-refractivity contribution in [3.8, 4) is 0 Å². The number of nitrogens with one attached hydrogen (secondary N) is 1. The number of pyridine rings is 1. The average molecular weight is 283 g/mol. The van der Waals surface area contributed by atoms with Gasteiger partial charge in [0, 0.05) is 18.0 Å². The Morgan fingerprint density at radius 1 is 1.40 bits per heavy atom. The molecule has 0 aromatic carbocycles. The molecule has 1 N–H and O–H groups in total. The van der Waals surface area contributed by atoms with Crippen LogP contribution in [0.4, 0.5) is 5.82 Å². The smallest absolute Gasteiger partial charge is 0.167 e. The monoisotopic (exact) mass is 283 g/mol. The molecule has 3 aromatic heterocycles. The fourth-order valence-corrected chi connectivity index (χ4v) is 2.89. The molecule has 0 saturated heterocycles. The minimum atomic E-state index is 0.736. The Balaban J connectivity index is 1.84. The normalized spacial score (nSPS) is 11.2. The first kappa shape index (κ1) is 12.7. The van der Waals surface area contributed by atoms with Gasteiger partial charge < -0.3 is 0 Å². The number of thiophene rings is 1. The van der Waals surface area contributed by atoms with Crippen molar-refractivity contribution in [3.05, 3.63) is 47.4 Å². The summed E-state index contributed by atoms with van der Waals surface area (Å²) in [4.78, 5) is 12.6. The second-order valence-electron chi connectivity index (χ2n) is 4.17. The van der Waals surface area contributed by atoms with Crippen molar-refractivity contribution in [2.24, 2.45) is 5.10 Å². The summed E-state index contributed by atoms with van der Waals surface area (Å²) in [6, 6.07) is 3.81. The Morgan fingerprint density at radius 2 is 2.35 bits per heavy atom. The van der Waals surface area contributed by atoms with E-state index in [1.165, 1.54) is 5.56 Å². The standard InChI is InChI=1S/C14H13N5S/c1-2-11-8-20-13-12(11)16-9-17-14(13)19-18-7-10-4-3-5-15-6-10/h3-9H,2H2,1H3,(H,16,17,19). The number of hydrazone groups is 1. The molecule has 0 aliphatic rings. The third-order valence-corrected chi connectivity index (χ3v) is 3.90. The van der Waals surface area contributed by atoms with Crippen LogP contribution in [0.15, 0.2) is 41.3 Å². The zero-order chi connectivity index (χ0) is 13.8. The molecule has 0 fully saturated rings. The van der Waals surface area contributed by atoms with E-state index in [2.05, 4.69) is 37.8 Å². The lowest BCUT2D eigenvalue weighted by Gasteiger charge is -2.00. The van der Waals surface area contributed by atoms with Crippen LogP contribution in [0, 0.1) is 0 Å². The number of hydrogen-bond acceptors (Lipinski definition) is 6. The SMILES string of the molecule is CCc1csc2c(NN=Cc3cccnc3)ncnc12. The lowest BCUT2D eigenvalue weighted by Crippen LogP contribution is -1.95. The van der Waals surface area contributed by atoms with E-state index in [-0.39, 0.29) is 0 Å². The molecular weight excluding hydrogens is 270 g/mol. The third kappa shape index (κ3) is 2.50. The van der Waals surface area contributed by atoms with Crippen molar-refractivity contribution in [3.63, 3.8) is 0 Å². The first-order chi connectivity index (χ1) is 9.88. The number of aryl methyl sites for hydroxylation is 1. The molecule has 0 aliphatic carbocycles. The van der Waals surface area contributed by atoms with Gasteiger partial charge in [0.15, 0.2) is 5.82 Å². The molecule has 0 aliphatic heterocycles. The second-order valence-corrected chi connectivity index (χ2v) is 5.05. The summed E-state index contributed by atoms with van der Waals surface area (Å²) in [6.07, 6.45) is 7.73. The minimum absolute atomic E-state index is 0.736. The fraction of sp³-hybridized carbons (Fsp3) is 0.143. The average Bonchev–Trinajstić information content (AvgIpc) is 2.92. The third-order valence-electron chi connectivity index (χ3n) is 2.88. The quantitative estimate of drug-likeness (QED) is 0.590. The summed E-state index contributed by atoms with van der Waals surface area (Å²) in [6.45, 7) is 2.12. The highest BCUT2D eigenvalue weighted by molar-refractivity contribution is 7.18. The van der Waals surface area contributed by atoms with Crippen LogP contribution >= 0.6 is 11.3 Å². The number of fused-ring (bicyclic) bond motifs is 1. The molecule has 0 spiro atoms. The van der Waals surface area contributed by atoms with Gasteiger partial charge in [-0.1, -0.05) is 13.0 Å². The Hall–Kier alpha value is -2.34. The summed E-state index contributed by atoms with van der Waals surface area (Å²) in [5.74, 6) is 0.736. The van der Waals surface area contributed by atoms with E-state index in [0.29, 0.717) is 0 Å². The van der Waals surface area contributed by atoms with E-state index in [1.54, 1.807) is 36.3 Å². The second kappa shape index (κ2) is 5.75. The van der Waals surface area contributed by atoms with Gasteiger partial charge in [-0.25, -0.2) is 9.97 Å². The predicted molar refractivity (Wildman–Crippen MR) is 82.2 cm³/mol. The van der Waals surface area contributed by atoms with Crippen molar-refractivity contribution in [2.75, 3.05) is 5.43 Å². The van der Waals surface area contributed by atoms with E-state index in [0.717, 1.165) is 28.0 Å². The van der Waals surface area contributed by atoms with Crippen molar-refractivity contribution in [1.82, 2.24) is 15.0 Å². The molecule has 3 aromatic rings. The van der Waals surface area contributed by atoms with Crippen molar-refractivity contribution >= 4 is 33.6 Å². The molecule has 20 heavy (non-hydrogen) atoms. The molecule has 0 saturated carbocycles. The molecule has 0 bridgehead atoms. The lowest BCUT2D eigenvalue weighted by molar-refractivity contribution is 1.14. The zero-order valence-corrected chi connectivity index (χ0v) is 11.8. The number of anilines is 1. The van der Waals surface area contributed by atoms with Gasteiger partial charge >= 0.3 is 0 Å². The van der Waals surface area contributed by atoms with Crippen molar-refractivity contribution in [2.45, 2.75) is 13.3 Å². The Kier molecular flexibility index (Phi) is 3.64. The molecule has 0 atom stereocenters. The van der Waals surface area contributed by atoms with Crippen molar-refractivity contribution < 1.29 is 0 Å². The van der Waals surface area contributed by atoms with Gasteiger partial charge in [-0.05, 0) is 23.4 Å². The summed E-state index contributed by atoms with van der Waals surface area (Å²) in [5, 5.41) is 6.32. The predicted octanol–water partition coefficient (Wildman–Crippen LogP) is 3.09. The number of aromatic nitrogens is 3. The van der Waals surface area contributed by atoms with Gasteiger partial charge in [0.05, 0.1) is 16.4 Å². The van der Waals surface area contributed by atoms with Crippen LogP contribution in [0.1, 0.15) is 18.1 Å². The molecule has 5 nitrogen and oxygen atoms in total. The summed E-state index contributed by atoms with van der Waals surface area (Å²) >= 11 is 1.64. The largest absolute Gasteiger partial charge is 0.264 e. The van der Waals surface area contributed by atoms with E-state index in [1.807, 2.05) is 12.1 Å². The van der Waals surface area contributed by atoms with Gasteiger partial charge in [0.25, 0.3) is 0 Å². The summed E-state index contributed by atoms with van der Waals surface area (Å²) in [5.41, 5.74) is 6.16. The molecule has 100 valence electrons. The number of rotatable bonds is 4. The van der Waals surface area contributed by atoms with Crippen molar-refractivity contribution in [1.29, 1.82) is 0 Å². The molecule has 3 rings (SSSR count). The van der Waals surface area contributed by atoms with Crippen LogP contribution in [0.3, 0.4) is 0 Å². The first-order valence-electron chi connectivity index (χ1n) is 6.28. The molecule has 3 heterocycles. The zero-order valence-electron chi connectivity index (χ0n) is 10.9. The highest BCUT2D eigenvalue weighted by atomic mass is 32.1. The van der Waals surface area contributed by atoms with E-state index >= 15 is 0 Å². The first-order valence-corrected chi connectivity index (χ1v) is 7.16. The van der Waals surface area contributed by atoms with E-state index in [9.17, 15) is 0 Å². The van der Waals surface area contributed by atoms with Crippen LogP contribution in [0.5, 0.6) is 0 Å². The molecule has 0 unspecified atom stereocenters. The maximum Gasteiger partial charge on any atom is 0.167 e. The van der Waals surface area contributed by atoms with E-state index in [4.69, 9.17) is 0 Å². The maximum atomic E-state index is 4.34. The summed E-state index contributed by atoms with van der Waals surface area (Å²) < 4.78 is 1.03. The van der Waals surface area contributed by atoms with Gasteiger partial charge in [-0.15, -0.1) is 11.3 Å². The maximum absolute atomic E-state index is 4.34. The van der Waals surface area contributed by atoms with E-state index < -0.39 is 0 Å². The van der Waals surface area contributed by atoms with Crippen LogP contribution in [-0.4, -0.2) is 21.2 Å². The van der Waals surface area contributed by atoms with Gasteiger partial charge in [0.1, 0.15) is 6.33 Å². The Bertz CT molecular complexity index is 736. The van der Waals surface area contributed by atoms with Crippen LogP contribution < -0.4 is 5.43 Å². The Morgan fingerprint density at radius 3 is 3.15 bits per heavy atom. The highest BCUT2D eigenvalue weighted by Gasteiger charge is 2.08. The minimum Gasteiger partial charge on any atom is -0.264 e. The number of nitrogens with zero attached hydrogens (tertiary/aromatic N) is 4.